The Labute approximate surface area is 128 Å². The number of esters is 2. The maximum Gasteiger partial charge on any atom is 0.333 e. The Bertz CT molecular complexity index is 407. The van der Waals surface area contributed by atoms with E-state index < -0.39 is 5.60 Å². The minimum Gasteiger partial charge on any atom is -0.462 e. The highest BCUT2D eigenvalue weighted by molar-refractivity contribution is 5.87. The molecule has 21 heavy (non-hydrogen) atoms. The second kappa shape index (κ2) is 8.65. The third-order valence-corrected chi connectivity index (χ3v) is 3.50. The van der Waals surface area contributed by atoms with Crippen molar-refractivity contribution in [3.05, 3.63) is 24.3 Å². The first kappa shape index (κ1) is 19.4. The zero-order valence-electron chi connectivity index (χ0n) is 14.0. The normalized spacial score (nSPS) is 12.4. The van der Waals surface area contributed by atoms with Crippen LogP contribution in [0.3, 0.4) is 0 Å². The van der Waals surface area contributed by atoms with Crippen LogP contribution in [0.25, 0.3) is 0 Å². The molecule has 1 atom stereocenters. The Morgan fingerprint density at radius 1 is 1.05 bits per heavy atom. The highest BCUT2D eigenvalue weighted by atomic mass is 16.6. The van der Waals surface area contributed by atoms with E-state index in [2.05, 4.69) is 13.2 Å². The summed E-state index contributed by atoms with van der Waals surface area (Å²) in [5, 5.41) is 0. The third-order valence-electron chi connectivity index (χ3n) is 3.50. The van der Waals surface area contributed by atoms with Crippen LogP contribution in [-0.2, 0) is 19.1 Å². The molecular weight excluding hydrogens is 268 g/mol. The number of unbranched alkanes of at least 4 members (excludes halogenated alkanes) is 1. The van der Waals surface area contributed by atoms with E-state index in [1.807, 2.05) is 20.8 Å². The average Bonchev–Trinajstić information content (AvgIpc) is 2.36. The molecule has 0 fully saturated rings. The van der Waals surface area contributed by atoms with Crippen LogP contribution in [0.15, 0.2) is 24.3 Å². The maximum absolute atomic E-state index is 11.6. The Morgan fingerprint density at radius 2 is 1.57 bits per heavy atom. The number of hydrogen-bond donors (Lipinski definition) is 0. The van der Waals surface area contributed by atoms with Gasteiger partial charge in [0.15, 0.2) is 0 Å². The molecule has 0 aromatic carbocycles. The highest BCUT2D eigenvalue weighted by Gasteiger charge is 2.29. The molecule has 0 saturated carbocycles. The molecule has 0 spiro atoms. The van der Waals surface area contributed by atoms with Crippen molar-refractivity contribution >= 4 is 11.9 Å². The van der Waals surface area contributed by atoms with E-state index in [9.17, 15) is 9.59 Å². The standard InChI is InChI=1S/C17H28O4/c1-12(2)15(18)20-11-9-8-10-14(5)17(6,7)21-16(19)13(3)4/h14H,1,3,8-11H2,2,4-7H3. The lowest BCUT2D eigenvalue weighted by Gasteiger charge is -2.31. The zero-order chi connectivity index (χ0) is 16.6. The lowest BCUT2D eigenvalue weighted by atomic mass is 9.88. The van der Waals surface area contributed by atoms with Crippen molar-refractivity contribution in [1.82, 2.24) is 0 Å². The second-order valence-electron chi connectivity index (χ2n) is 6.09. The van der Waals surface area contributed by atoms with Gasteiger partial charge in [-0.3, -0.25) is 0 Å². The van der Waals surface area contributed by atoms with Crippen molar-refractivity contribution < 1.29 is 19.1 Å². The third kappa shape index (κ3) is 7.69. The first-order valence-corrected chi connectivity index (χ1v) is 7.29. The lowest BCUT2D eigenvalue weighted by molar-refractivity contribution is -0.156. The molecule has 0 amide bonds. The molecule has 0 aliphatic carbocycles. The molecule has 0 radical (unpaired) electrons. The number of rotatable bonds is 9. The second-order valence-corrected chi connectivity index (χ2v) is 6.09. The Morgan fingerprint density at radius 3 is 2.05 bits per heavy atom. The van der Waals surface area contributed by atoms with Gasteiger partial charge in [0, 0.05) is 11.1 Å². The van der Waals surface area contributed by atoms with Gasteiger partial charge < -0.3 is 9.47 Å². The molecule has 4 nitrogen and oxygen atoms in total. The van der Waals surface area contributed by atoms with Crippen molar-refractivity contribution in [3.8, 4) is 0 Å². The van der Waals surface area contributed by atoms with Gasteiger partial charge in [-0.15, -0.1) is 0 Å². The fourth-order valence-corrected chi connectivity index (χ4v) is 1.61. The van der Waals surface area contributed by atoms with E-state index in [-0.39, 0.29) is 17.9 Å². The summed E-state index contributed by atoms with van der Waals surface area (Å²) >= 11 is 0. The highest BCUT2D eigenvalue weighted by Crippen LogP contribution is 2.26. The van der Waals surface area contributed by atoms with Gasteiger partial charge in [0.2, 0.25) is 0 Å². The van der Waals surface area contributed by atoms with Crippen LogP contribution in [0.2, 0.25) is 0 Å². The van der Waals surface area contributed by atoms with Gasteiger partial charge in [0.25, 0.3) is 0 Å². The van der Waals surface area contributed by atoms with Crippen LogP contribution in [0, 0.1) is 5.92 Å². The summed E-state index contributed by atoms with van der Waals surface area (Å²) in [6, 6.07) is 0. The molecule has 0 bridgehead atoms. The van der Waals surface area contributed by atoms with E-state index in [1.54, 1.807) is 13.8 Å². The average molecular weight is 296 g/mol. The van der Waals surface area contributed by atoms with Crippen LogP contribution in [-0.4, -0.2) is 24.1 Å². The van der Waals surface area contributed by atoms with Crippen LogP contribution in [0.1, 0.15) is 53.9 Å². The van der Waals surface area contributed by atoms with Gasteiger partial charge >= 0.3 is 11.9 Å². The molecule has 0 aliphatic heterocycles. The first-order chi connectivity index (χ1) is 9.58. The van der Waals surface area contributed by atoms with Gasteiger partial charge in [-0.1, -0.05) is 20.1 Å². The summed E-state index contributed by atoms with van der Waals surface area (Å²) in [7, 11) is 0. The molecule has 0 aliphatic rings. The van der Waals surface area contributed by atoms with Crippen LogP contribution in [0.4, 0.5) is 0 Å². The Balaban J connectivity index is 4.05. The molecule has 0 N–H and O–H groups in total. The SMILES string of the molecule is C=C(C)C(=O)OCCCCC(C)C(C)(C)OC(=O)C(=C)C. The largest absolute Gasteiger partial charge is 0.462 e. The molecule has 0 aromatic heterocycles. The lowest BCUT2D eigenvalue weighted by Crippen LogP contribution is -2.35. The smallest absolute Gasteiger partial charge is 0.333 e. The molecule has 0 heterocycles. The first-order valence-electron chi connectivity index (χ1n) is 7.29. The number of carbonyl (C=O) groups excluding carboxylic acids is 2. The summed E-state index contributed by atoms with van der Waals surface area (Å²) < 4.78 is 10.5. The van der Waals surface area contributed by atoms with E-state index in [4.69, 9.17) is 9.47 Å². The number of hydrogen-bond acceptors (Lipinski definition) is 4. The predicted molar refractivity (Wildman–Crippen MR) is 83.8 cm³/mol. The van der Waals surface area contributed by atoms with Crippen molar-refractivity contribution in [2.45, 2.75) is 59.5 Å². The van der Waals surface area contributed by atoms with Crippen LogP contribution < -0.4 is 0 Å². The Hall–Kier alpha value is -1.58. The summed E-state index contributed by atoms with van der Waals surface area (Å²) in [6.45, 7) is 16.6. The van der Waals surface area contributed by atoms with Crippen LogP contribution in [0.5, 0.6) is 0 Å². The van der Waals surface area contributed by atoms with E-state index >= 15 is 0 Å². The summed E-state index contributed by atoms with van der Waals surface area (Å²) in [4.78, 5) is 22.8. The van der Waals surface area contributed by atoms with E-state index in [0.29, 0.717) is 17.8 Å². The van der Waals surface area contributed by atoms with E-state index in [1.165, 1.54) is 0 Å². The van der Waals surface area contributed by atoms with Gasteiger partial charge in [-0.2, -0.15) is 0 Å². The summed E-state index contributed by atoms with van der Waals surface area (Å²) in [5.41, 5.74) is 0.280. The van der Waals surface area contributed by atoms with E-state index in [0.717, 1.165) is 19.3 Å². The molecule has 0 aromatic rings. The topological polar surface area (TPSA) is 52.6 Å². The minimum absolute atomic E-state index is 0.206. The summed E-state index contributed by atoms with van der Waals surface area (Å²) in [5.74, 6) is -0.501. The van der Waals surface area contributed by atoms with Gasteiger partial charge in [0.05, 0.1) is 6.61 Å². The molecule has 4 heteroatoms. The fraction of sp³-hybridized carbons (Fsp3) is 0.647. The predicted octanol–water partition coefficient (Wildman–Crippen LogP) is 3.81. The van der Waals surface area contributed by atoms with Crippen molar-refractivity contribution in [1.29, 1.82) is 0 Å². The molecular formula is C17H28O4. The van der Waals surface area contributed by atoms with Gasteiger partial charge in [-0.05, 0) is 52.9 Å². The van der Waals surface area contributed by atoms with Gasteiger partial charge in [-0.25, -0.2) is 9.59 Å². The quantitative estimate of drug-likeness (QED) is 0.369. The van der Waals surface area contributed by atoms with Crippen molar-refractivity contribution in [3.63, 3.8) is 0 Å². The summed E-state index contributed by atoms with van der Waals surface area (Å²) in [6.07, 6.45) is 2.58. The molecule has 1 unspecified atom stereocenters. The Kier molecular flexibility index (Phi) is 8.00. The maximum atomic E-state index is 11.6. The zero-order valence-corrected chi connectivity index (χ0v) is 14.0. The van der Waals surface area contributed by atoms with Crippen molar-refractivity contribution in [2.24, 2.45) is 5.92 Å². The monoisotopic (exact) mass is 296 g/mol. The van der Waals surface area contributed by atoms with Crippen LogP contribution >= 0.6 is 0 Å². The number of carbonyl (C=O) groups is 2. The van der Waals surface area contributed by atoms with Crippen molar-refractivity contribution in [2.75, 3.05) is 6.61 Å². The fourth-order valence-electron chi connectivity index (χ4n) is 1.61. The molecule has 120 valence electrons. The van der Waals surface area contributed by atoms with Gasteiger partial charge in [0.1, 0.15) is 5.60 Å². The minimum atomic E-state index is -0.537. The molecule has 0 saturated heterocycles. The number of ether oxygens (including phenoxy) is 2. The molecule has 0 rings (SSSR count).